The molecule has 0 spiro atoms. The molecule has 0 radical (unpaired) electrons. The monoisotopic (exact) mass is 250 g/mol. The van der Waals surface area contributed by atoms with E-state index in [1.807, 2.05) is 0 Å². The molecule has 0 atom stereocenters. The summed E-state index contributed by atoms with van der Waals surface area (Å²) in [6.07, 6.45) is 5.87. The molecule has 1 aliphatic rings. The molecule has 3 nitrogen and oxygen atoms in total. The van der Waals surface area contributed by atoms with Crippen LogP contribution in [0.1, 0.15) is 59.8 Å². The van der Waals surface area contributed by atoms with Crippen LogP contribution in [0.3, 0.4) is 0 Å². The Hall–Kier alpha value is 0.310. The topological polar surface area (TPSA) is 38.7 Å². The first-order chi connectivity index (χ1) is 7.64. The lowest BCUT2D eigenvalue weighted by molar-refractivity contribution is 0.00589. The first-order valence-corrected chi connectivity index (χ1v) is 7.52. The van der Waals surface area contributed by atoms with Gasteiger partial charge in [0.25, 0.3) is 0 Å². The van der Waals surface area contributed by atoms with Crippen molar-refractivity contribution < 1.29 is 13.9 Å². The quantitative estimate of drug-likeness (QED) is 0.758. The highest BCUT2D eigenvalue weighted by Gasteiger charge is 2.34. The summed E-state index contributed by atoms with van der Waals surface area (Å²) >= 11 is 0. The zero-order valence-corrected chi connectivity index (χ0v) is 12.1. The number of hydrogen-bond donors (Lipinski definition) is 1. The van der Waals surface area contributed by atoms with Crippen molar-refractivity contribution in [1.82, 2.24) is 0 Å². The Morgan fingerprint density at radius 1 is 1.12 bits per heavy atom. The molecular formula is C12H27O3P. The minimum atomic E-state index is -1.57. The van der Waals surface area contributed by atoms with Crippen molar-refractivity contribution in [3.63, 3.8) is 0 Å². The van der Waals surface area contributed by atoms with Crippen molar-refractivity contribution in [1.29, 1.82) is 0 Å². The maximum atomic E-state index is 9.08. The number of rotatable bonds is 4. The molecule has 0 bridgehead atoms. The normalized spacial score (nSPS) is 29.4. The fourth-order valence-electron chi connectivity index (χ4n) is 1.54. The van der Waals surface area contributed by atoms with Gasteiger partial charge >= 0.3 is 8.60 Å². The van der Waals surface area contributed by atoms with Gasteiger partial charge in [-0.05, 0) is 12.8 Å². The minimum absolute atomic E-state index is 0.164. The second kappa shape index (κ2) is 9.35. The Bertz CT molecular complexity index is 151. The molecule has 0 aromatic heterocycles. The highest BCUT2D eigenvalue weighted by atomic mass is 31.2. The van der Waals surface area contributed by atoms with Crippen LogP contribution in [0.5, 0.6) is 0 Å². The Morgan fingerprint density at radius 3 is 2.00 bits per heavy atom. The third-order valence-corrected chi connectivity index (χ3v) is 3.47. The summed E-state index contributed by atoms with van der Waals surface area (Å²) in [5.41, 5.74) is 0.164. The van der Waals surface area contributed by atoms with Gasteiger partial charge in [-0.15, -0.1) is 0 Å². The van der Waals surface area contributed by atoms with Crippen LogP contribution < -0.4 is 0 Å². The van der Waals surface area contributed by atoms with Gasteiger partial charge in [0.05, 0.1) is 13.2 Å². The SMILES string of the molecule is CCC.CCCCC1(CC)COP(O)OC1. The van der Waals surface area contributed by atoms with Crippen LogP contribution in [0, 0.1) is 5.41 Å². The van der Waals surface area contributed by atoms with Crippen molar-refractivity contribution in [2.24, 2.45) is 5.41 Å². The van der Waals surface area contributed by atoms with Crippen LogP contribution in [-0.2, 0) is 9.05 Å². The molecule has 1 aliphatic heterocycles. The highest BCUT2D eigenvalue weighted by Crippen LogP contribution is 2.45. The van der Waals surface area contributed by atoms with Crippen LogP contribution in [0.25, 0.3) is 0 Å². The minimum Gasteiger partial charge on any atom is -0.328 e. The van der Waals surface area contributed by atoms with E-state index < -0.39 is 8.60 Å². The summed E-state index contributed by atoms with van der Waals surface area (Å²) in [6, 6.07) is 0. The summed E-state index contributed by atoms with van der Waals surface area (Å²) in [7, 11) is -1.57. The molecule has 0 aliphatic carbocycles. The summed E-state index contributed by atoms with van der Waals surface area (Å²) in [5, 5.41) is 0. The standard InChI is InChI=1S/C9H19O3P.C3H8/c1-3-5-6-9(4-2)7-11-13(10)12-8-9;1-3-2/h10H,3-8H2,1-2H3;3H2,1-2H3. The molecule has 1 fully saturated rings. The van der Waals surface area contributed by atoms with Gasteiger partial charge in [0.1, 0.15) is 0 Å². The van der Waals surface area contributed by atoms with E-state index >= 15 is 0 Å². The van der Waals surface area contributed by atoms with Crippen LogP contribution in [0.2, 0.25) is 0 Å². The van der Waals surface area contributed by atoms with Gasteiger partial charge in [0.2, 0.25) is 0 Å². The van der Waals surface area contributed by atoms with Gasteiger partial charge in [-0.2, -0.15) is 0 Å². The molecule has 98 valence electrons. The van der Waals surface area contributed by atoms with Gasteiger partial charge in [-0.25, -0.2) is 0 Å². The van der Waals surface area contributed by atoms with Gasteiger partial charge in [-0.3, -0.25) is 0 Å². The van der Waals surface area contributed by atoms with Gasteiger partial charge < -0.3 is 13.9 Å². The maximum Gasteiger partial charge on any atom is 0.329 e. The lowest BCUT2D eigenvalue weighted by Crippen LogP contribution is -2.34. The average molecular weight is 250 g/mol. The zero-order chi connectivity index (χ0) is 12.4. The van der Waals surface area contributed by atoms with Crippen molar-refractivity contribution in [2.75, 3.05) is 13.2 Å². The number of unbranched alkanes of at least 4 members (excludes halogenated alkanes) is 1. The van der Waals surface area contributed by atoms with Gasteiger partial charge in [0, 0.05) is 5.41 Å². The summed E-state index contributed by atoms with van der Waals surface area (Å²) in [5.74, 6) is 0. The smallest absolute Gasteiger partial charge is 0.328 e. The third kappa shape index (κ3) is 6.15. The molecule has 0 unspecified atom stereocenters. The van der Waals surface area contributed by atoms with Crippen LogP contribution >= 0.6 is 8.60 Å². The maximum absolute atomic E-state index is 9.08. The van der Waals surface area contributed by atoms with E-state index in [4.69, 9.17) is 13.9 Å². The predicted molar refractivity (Wildman–Crippen MR) is 69.3 cm³/mol. The second-order valence-electron chi connectivity index (χ2n) is 4.45. The van der Waals surface area contributed by atoms with E-state index in [2.05, 4.69) is 27.7 Å². The highest BCUT2D eigenvalue weighted by molar-refractivity contribution is 7.40. The summed E-state index contributed by atoms with van der Waals surface area (Å²) in [6.45, 7) is 9.91. The molecular weight excluding hydrogens is 223 g/mol. The molecule has 1 rings (SSSR count). The Balaban J connectivity index is 0.000000673. The second-order valence-corrected chi connectivity index (χ2v) is 5.44. The molecule has 4 heteroatoms. The van der Waals surface area contributed by atoms with E-state index in [-0.39, 0.29) is 5.41 Å². The van der Waals surface area contributed by atoms with E-state index in [1.54, 1.807) is 0 Å². The molecule has 1 heterocycles. The molecule has 0 saturated carbocycles. The molecule has 1 N–H and O–H groups in total. The lowest BCUT2D eigenvalue weighted by atomic mass is 9.82. The Labute approximate surface area is 102 Å². The molecule has 0 aromatic rings. The molecule has 16 heavy (non-hydrogen) atoms. The first kappa shape index (κ1) is 16.3. The van der Waals surface area contributed by atoms with E-state index in [1.165, 1.54) is 19.3 Å². The van der Waals surface area contributed by atoms with Crippen molar-refractivity contribution in [3.8, 4) is 0 Å². The summed E-state index contributed by atoms with van der Waals surface area (Å²) < 4.78 is 10.4. The van der Waals surface area contributed by atoms with Crippen molar-refractivity contribution in [3.05, 3.63) is 0 Å². The Morgan fingerprint density at radius 2 is 1.62 bits per heavy atom. The predicted octanol–water partition coefficient (Wildman–Crippen LogP) is 4.26. The summed E-state index contributed by atoms with van der Waals surface area (Å²) in [4.78, 5) is 9.08. The third-order valence-electron chi connectivity index (χ3n) is 2.77. The molecule has 1 saturated heterocycles. The lowest BCUT2D eigenvalue weighted by Gasteiger charge is -2.36. The van der Waals surface area contributed by atoms with E-state index in [0.717, 1.165) is 12.8 Å². The number of hydrogen-bond acceptors (Lipinski definition) is 3. The first-order valence-electron chi connectivity index (χ1n) is 6.39. The Kier molecular flexibility index (Phi) is 9.53. The van der Waals surface area contributed by atoms with Crippen molar-refractivity contribution in [2.45, 2.75) is 59.8 Å². The fourth-order valence-corrected chi connectivity index (χ4v) is 2.38. The van der Waals surface area contributed by atoms with Crippen LogP contribution in [0.4, 0.5) is 0 Å². The molecule has 0 aromatic carbocycles. The van der Waals surface area contributed by atoms with E-state index in [0.29, 0.717) is 13.2 Å². The van der Waals surface area contributed by atoms with Gasteiger partial charge in [0.15, 0.2) is 0 Å². The van der Waals surface area contributed by atoms with E-state index in [9.17, 15) is 0 Å². The largest absolute Gasteiger partial charge is 0.329 e. The van der Waals surface area contributed by atoms with Crippen LogP contribution in [-0.4, -0.2) is 18.1 Å². The zero-order valence-electron chi connectivity index (χ0n) is 11.2. The van der Waals surface area contributed by atoms with Gasteiger partial charge in [-0.1, -0.05) is 47.0 Å². The van der Waals surface area contributed by atoms with Crippen LogP contribution in [0.15, 0.2) is 0 Å². The average Bonchev–Trinajstić information content (AvgIpc) is 2.30. The molecule has 0 amide bonds. The fraction of sp³-hybridized carbons (Fsp3) is 1.00. The van der Waals surface area contributed by atoms with Crippen molar-refractivity contribution >= 4 is 8.60 Å².